The van der Waals surface area contributed by atoms with Crippen molar-refractivity contribution < 1.29 is 24.5 Å². The third-order valence-corrected chi connectivity index (χ3v) is 18.3. The Morgan fingerprint density at radius 2 is 0.566 bits per heavy atom. The summed E-state index contributed by atoms with van der Waals surface area (Å²) in [4.78, 5) is 24.6. The van der Waals surface area contributed by atoms with Gasteiger partial charge in [-0.1, -0.05) is 392 Å². The van der Waals surface area contributed by atoms with Crippen LogP contribution in [0.4, 0.5) is 0 Å². The number of esters is 1. The smallest absolute Gasteiger partial charge is 0.305 e. The quantitative estimate of drug-likeness (QED) is 0.0320. The van der Waals surface area contributed by atoms with E-state index in [-0.39, 0.29) is 18.5 Å². The highest BCUT2D eigenvalue weighted by Crippen LogP contribution is 2.20. The van der Waals surface area contributed by atoms with Crippen molar-refractivity contribution in [2.75, 3.05) is 13.2 Å². The van der Waals surface area contributed by atoms with Crippen LogP contribution in [0.15, 0.2) is 12.2 Å². The number of ether oxygens (including phenoxy) is 1. The first-order valence-corrected chi connectivity index (χ1v) is 38.4. The van der Waals surface area contributed by atoms with Crippen molar-refractivity contribution in [3.05, 3.63) is 12.2 Å². The third-order valence-electron chi connectivity index (χ3n) is 18.3. The summed E-state index contributed by atoms with van der Waals surface area (Å²) in [5, 5.41) is 23.4. The van der Waals surface area contributed by atoms with E-state index in [2.05, 4.69) is 31.3 Å². The molecule has 0 heterocycles. The summed E-state index contributed by atoms with van der Waals surface area (Å²) in [6, 6.07) is -0.540. The van der Waals surface area contributed by atoms with Gasteiger partial charge in [0.05, 0.1) is 25.4 Å². The lowest BCUT2D eigenvalue weighted by atomic mass is 10.0. The summed E-state index contributed by atoms with van der Waals surface area (Å²) in [5.74, 6) is -0.00581. The second-order valence-electron chi connectivity index (χ2n) is 26.7. The molecule has 0 aliphatic rings. The van der Waals surface area contributed by atoms with Gasteiger partial charge in [-0.05, 0) is 51.4 Å². The van der Waals surface area contributed by atoms with E-state index >= 15 is 0 Å². The average Bonchev–Trinajstić information content (AvgIpc) is 3.49. The molecule has 6 heteroatoms. The number of carbonyl (C=O) groups is 2. The Hall–Kier alpha value is -1.40. The zero-order valence-corrected chi connectivity index (χ0v) is 56.7. The average molecular weight is 1170 g/mol. The Morgan fingerprint density at radius 3 is 0.855 bits per heavy atom. The van der Waals surface area contributed by atoms with Gasteiger partial charge in [0.15, 0.2) is 0 Å². The molecule has 0 aromatic heterocycles. The molecule has 0 aromatic rings. The van der Waals surface area contributed by atoms with E-state index in [1.807, 2.05) is 0 Å². The lowest BCUT2D eigenvalue weighted by molar-refractivity contribution is -0.143. The van der Waals surface area contributed by atoms with Crippen molar-refractivity contribution in [2.24, 2.45) is 0 Å². The topological polar surface area (TPSA) is 95.9 Å². The van der Waals surface area contributed by atoms with Crippen LogP contribution in [0, 0.1) is 0 Å². The first-order chi connectivity index (χ1) is 41.0. The van der Waals surface area contributed by atoms with Crippen LogP contribution in [0.1, 0.15) is 444 Å². The van der Waals surface area contributed by atoms with Crippen molar-refractivity contribution >= 4 is 11.9 Å². The van der Waals surface area contributed by atoms with Gasteiger partial charge < -0.3 is 20.3 Å². The molecule has 0 aromatic carbocycles. The predicted molar refractivity (Wildman–Crippen MR) is 366 cm³/mol. The van der Waals surface area contributed by atoms with Crippen LogP contribution < -0.4 is 5.32 Å². The standard InChI is InChI=1S/C77H151NO5/c1-3-5-7-9-11-13-15-17-19-20-21-35-38-42-45-49-53-57-61-65-69-75(80)74(73-79)78-76(81)70-66-62-58-54-50-46-43-39-36-33-31-29-27-25-23-22-24-26-28-30-32-34-37-40-44-48-52-56-60-64-68-72-83-77(82)71-67-63-59-55-51-47-41-18-16-14-12-10-8-6-4-2/h24,26,74-75,79-80H,3-23,25,27-73H2,1-2H3,(H,78,81)/b26-24-. The summed E-state index contributed by atoms with van der Waals surface area (Å²) in [6.07, 6.45) is 91.5. The number of aliphatic hydroxyl groups is 2. The molecule has 0 radical (unpaired) electrons. The maximum absolute atomic E-state index is 12.6. The summed E-state index contributed by atoms with van der Waals surface area (Å²) < 4.78 is 5.50. The van der Waals surface area contributed by atoms with Crippen LogP contribution in [-0.4, -0.2) is 47.4 Å². The summed E-state index contributed by atoms with van der Waals surface area (Å²) in [7, 11) is 0. The first-order valence-electron chi connectivity index (χ1n) is 38.4. The number of rotatable bonds is 73. The maximum atomic E-state index is 12.6. The van der Waals surface area contributed by atoms with E-state index in [0.29, 0.717) is 25.9 Å². The van der Waals surface area contributed by atoms with Crippen LogP contribution in [0.5, 0.6) is 0 Å². The van der Waals surface area contributed by atoms with Gasteiger partial charge in [-0.3, -0.25) is 9.59 Å². The van der Waals surface area contributed by atoms with Gasteiger partial charge in [-0.25, -0.2) is 0 Å². The SMILES string of the molecule is CCCCCCCCCCCCCCCCCCCCCCC(O)C(CO)NC(=O)CCCCCCCCCCCCCCCCC/C=C\CCCCCCCCCCCCCCOC(=O)CCCCCCCCCCCCCCCCC. The van der Waals surface area contributed by atoms with Crippen LogP contribution in [0.25, 0.3) is 0 Å². The lowest BCUT2D eigenvalue weighted by Gasteiger charge is -2.22. The molecule has 0 bridgehead atoms. The number of carbonyl (C=O) groups excluding carboxylic acids is 2. The molecule has 0 aliphatic carbocycles. The molecule has 2 unspecified atom stereocenters. The fourth-order valence-corrected chi connectivity index (χ4v) is 12.5. The van der Waals surface area contributed by atoms with Crippen molar-refractivity contribution in [3.8, 4) is 0 Å². The van der Waals surface area contributed by atoms with Gasteiger partial charge >= 0.3 is 5.97 Å². The minimum absolute atomic E-state index is 0.0218. The fraction of sp³-hybridized carbons (Fsp3) is 0.948. The van der Waals surface area contributed by atoms with Crippen LogP contribution in [0.3, 0.4) is 0 Å². The highest BCUT2D eigenvalue weighted by atomic mass is 16.5. The van der Waals surface area contributed by atoms with E-state index in [1.165, 1.54) is 372 Å². The highest BCUT2D eigenvalue weighted by molar-refractivity contribution is 5.76. The maximum Gasteiger partial charge on any atom is 0.305 e. The monoisotopic (exact) mass is 1170 g/mol. The van der Waals surface area contributed by atoms with Gasteiger partial charge in [0, 0.05) is 12.8 Å². The number of amides is 1. The summed E-state index contributed by atoms with van der Waals surface area (Å²) in [6.45, 7) is 5.01. The molecule has 0 aliphatic heterocycles. The Labute approximate surface area is 520 Å². The molecule has 83 heavy (non-hydrogen) atoms. The van der Waals surface area contributed by atoms with E-state index in [4.69, 9.17) is 4.74 Å². The molecule has 3 N–H and O–H groups in total. The predicted octanol–water partition coefficient (Wildman–Crippen LogP) is 25.1. The van der Waals surface area contributed by atoms with E-state index in [9.17, 15) is 19.8 Å². The van der Waals surface area contributed by atoms with Crippen LogP contribution >= 0.6 is 0 Å². The van der Waals surface area contributed by atoms with Crippen molar-refractivity contribution in [3.63, 3.8) is 0 Å². The second kappa shape index (κ2) is 73.1. The zero-order valence-electron chi connectivity index (χ0n) is 56.7. The zero-order chi connectivity index (χ0) is 59.9. The summed E-state index contributed by atoms with van der Waals surface area (Å²) >= 11 is 0. The van der Waals surface area contributed by atoms with Crippen LogP contribution in [-0.2, 0) is 14.3 Å². The van der Waals surface area contributed by atoms with Gasteiger partial charge in [0.1, 0.15) is 0 Å². The Kier molecular flexibility index (Phi) is 71.8. The minimum atomic E-state index is -0.663. The van der Waals surface area contributed by atoms with Gasteiger partial charge in [-0.15, -0.1) is 0 Å². The van der Waals surface area contributed by atoms with Crippen LogP contribution in [0.2, 0.25) is 0 Å². The number of allylic oxidation sites excluding steroid dienone is 2. The number of unbranched alkanes of at least 4 members (excludes halogenated alkanes) is 60. The third kappa shape index (κ3) is 69.6. The molecule has 0 rings (SSSR count). The first kappa shape index (κ1) is 81.6. The molecule has 2 atom stereocenters. The van der Waals surface area contributed by atoms with Gasteiger partial charge in [-0.2, -0.15) is 0 Å². The fourth-order valence-electron chi connectivity index (χ4n) is 12.5. The number of hydrogen-bond acceptors (Lipinski definition) is 5. The molecule has 0 saturated carbocycles. The Bertz CT molecular complexity index is 1260. The molecule has 1 amide bonds. The van der Waals surface area contributed by atoms with E-state index in [1.54, 1.807) is 0 Å². The second-order valence-corrected chi connectivity index (χ2v) is 26.7. The number of nitrogens with one attached hydrogen (secondary N) is 1. The summed E-state index contributed by atoms with van der Waals surface area (Å²) in [5.41, 5.74) is 0. The van der Waals surface area contributed by atoms with E-state index < -0.39 is 12.1 Å². The van der Waals surface area contributed by atoms with Crippen molar-refractivity contribution in [1.29, 1.82) is 0 Å². The number of hydrogen-bond donors (Lipinski definition) is 3. The molecular weight excluding hydrogens is 1020 g/mol. The van der Waals surface area contributed by atoms with Crippen molar-refractivity contribution in [1.82, 2.24) is 5.32 Å². The Morgan fingerprint density at radius 1 is 0.325 bits per heavy atom. The lowest BCUT2D eigenvalue weighted by Crippen LogP contribution is -2.45. The van der Waals surface area contributed by atoms with Crippen molar-refractivity contribution in [2.45, 2.75) is 456 Å². The van der Waals surface area contributed by atoms with E-state index in [0.717, 1.165) is 38.5 Å². The Balaban J connectivity index is 3.35. The number of aliphatic hydroxyl groups excluding tert-OH is 2. The van der Waals surface area contributed by atoms with Gasteiger partial charge in [0.25, 0.3) is 0 Å². The highest BCUT2D eigenvalue weighted by Gasteiger charge is 2.20. The normalized spacial score (nSPS) is 12.5. The molecule has 6 nitrogen and oxygen atoms in total. The molecule has 0 fully saturated rings. The molecule has 0 saturated heterocycles. The largest absolute Gasteiger partial charge is 0.466 e. The van der Waals surface area contributed by atoms with Gasteiger partial charge in [0.2, 0.25) is 5.91 Å². The molecule has 0 spiro atoms. The molecular formula is C77H151NO5. The minimum Gasteiger partial charge on any atom is -0.466 e. The molecule has 494 valence electrons.